The molecule has 8 nitrogen and oxygen atoms in total. The summed E-state index contributed by atoms with van der Waals surface area (Å²) in [6.07, 6.45) is -0.845. The lowest BCUT2D eigenvalue weighted by Gasteiger charge is -2.29. The fourth-order valence-corrected chi connectivity index (χ4v) is 4.40. The molecule has 0 aliphatic carbocycles. The van der Waals surface area contributed by atoms with Gasteiger partial charge in [0.2, 0.25) is 5.82 Å². The first-order valence-electron chi connectivity index (χ1n) is 11.3. The van der Waals surface area contributed by atoms with E-state index in [0.29, 0.717) is 30.1 Å². The number of nitrogens with zero attached hydrogens (tertiary/aromatic N) is 4. The summed E-state index contributed by atoms with van der Waals surface area (Å²) in [5, 5.41) is 3.53. The van der Waals surface area contributed by atoms with Crippen LogP contribution in [-0.4, -0.2) is 65.2 Å². The van der Waals surface area contributed by atoms with E-state index in [1.807, 2.05) is 20.0 Å². The fourth-order valence-electron chi connectivity index (χ4n) is 3.65. The van der Waals surface area contributed by atoms with Crippen LogP contribution in [0, 0.1) is 6.92 Å². The van der Waals surface area contributed by atoms with Crippen LogP contribution in [0.25, 0.3) is 10.6 Å². The topological polar surface area (TPSA) is 89.5 Å². The second-order valence-corrected chi connectivity index (χ2v) is 9.86. The van der Waals surface area contributed by atoms with Gasteiger partial charge >= 0.3 is 6.18 Å². The predicted molar refractivity (Wildman–Crippen MR) is 128 cm³/mol. The highest BCUT2D eigenvalue weighted by atomic mass is 32.1. The van der Waals surface area contributed by atoms with Gasteiger partial charge in [-0.15, -0.1) is 11.3 Å². The number of halogens is 3. The number of alkyl halides is 3. The van der Waals surface area contributed by atoms with Gasteiger partial charge < -0.3 is 19.7 Å². The molecule has 0 radical (unpaired) electrons. The molecule has 1 saturated heterocycles. The molecule has 2 atom stereocenters. The second-order valence-electron chi connectivity index (χ2n) is 8.62. The molecular weight excluding hydrogens is 495 g/mol. The summed E-state index contributed by atoms with van der Waals surface area (Å²) in [6, 6.07) is 4.54. The van der Waals surface area contributed by atoms with Crippen molar-refractivity contribution in [1.82, 2.24) is 25.2 Å². The number of likely N-dealkylation sites (N-methyl/N-ethyl adjacent to an activating group) is 1. The number of ether oxygens (including phenoxy) is 2. The molecule has 4 rings (SSSR count). The van der Waals surface area contributed by atoms with Gasteiger partial charge in [-0.25, -0.2) is 15.0 Å². The van der Waals surface area contributed by atoms with Crippen molar-refractivity contribution in [3.8, 4) is 16.3 Å². The summed E-state index contributed by atoms with van der Waals surface area (Å²) in [5.41, 5.74) is 1.40. The van der Waals surface area contributed by atoms with Crippen LogP contribution in [0.15, 0.2) is 36.8 Å². The zero-order chi connectivity index (χ0) is 25.9. The van der Waals surface area contributed by atoms with Crippen LogP contribution in [0.3, 0.4) is 0 Å². The molecule has 0 bridgehead atoms. The molecular formula is C24H26F3N5O3S. The van der Waals surface area contributed by atoms with Crippen molar-refractivity contribution in [2.75, 3.05) is 33.4 Å². The molecule has 3 heterocycles. The van der Waals surface area contributed by atoms with Gasteiger partial charge in [0.25, 0.3) is 5.91 Å². The van der Waals surface area contributed by atoms with Crippen LogP contribution >= 0.6 is 11.3 Å². The summed E-state index contributed by atoms with van der Waals surface area (Å²) in [5.74, 6) is -1.16. The minimum Gasteiger partial charge on any atom is -0.491 e. The molecule has 1 aromatic carbocycles. The lowest BCUT2D eigenvalue weighted by Crippen LogP contribution is -2.42. The minimum absolute atomic E-state index is 0.0912. The van der Waals surface area contributed by atoms with E-state index in [-0.39, 0.29) is 6.10 Å². The van der Waals surface area contributed by atoms with E-state index in [1.165, 1.54) is 11.3 Å². The Morgan fingerprint density at radius 1 is 1.25 bits per heavy atom. The second kappa shape index (κ2) is 10.9. The monoisotopic (exact) mass is 521 g/mol. The quantitative estimate of drug-likeness (QED) is 0.500. The molecule has 1 N–H and O–H groups in total. The molecule has 0 saturated carbocycles. The number of thiazole rings is 1. The first-order chi connectivity index (χ1) is 17.1. The first-order valence-corrected chi connectivity index (χ1v) is 12.1. The molecule has 1 aliphatic rings. The van der Waals surface area contributed by atoms with Crippen LogP contribution in [0.2, 0.25) is 0 Å². The van der Waals surface area contributed by atoms with Gasteiger partial charge in [0.15, 0.2) is 0 Å². The van der Waals surface area contributed by atoms with Gasteiger partial charge in [-0.2, -0.15) is 13.2 Å². The van der Waals surface area contributed by atoms with Gasteiger partial charge in [0.1, 0.15) is 23.5 Å². The Kier molecular flexibility index (Phi) is 7.86. The van der Waals surface area contributed by atoms with E-state index in [1.54, 1.807) is 25.3 Å². The Bertz CT molecular complexity index is 1200. The number of amides is 1. The molecule has 0 spiro atoms. The summed E-state index contributed by atoms with van der Waals surface area (Å²) >= 11 is 1.49. The molecule has 1 aliphatic heterocycles. The number of aryl methyl sites for hydroxylation is 1. The molecule has 192 valence electrons. The van der Waals surface area contributed by atoms with Gasteiger partial charge in [0, 0.05) is 53.2 Å². The number of hydrogen-bond acceptors (Lipinski definition) is 8. The maximum atomic E-state index is 13.1. The number of carbonyl (C=O) groups excluding carboxylic acids is 1. The SMILES string of the molecule is Cc1cnc(-c2cc(OCC3CN(C)CCO3)cc(C(=O)NC(C)c3cnc(C(F)(F)F)nc3)c2)s1. The number of benzene rings is 1. The fraction of sp³-hybridized carbons (Fsp3) is 0.417. The molecule has 1 fully saturated rings. The van der Waals surface area contributed by atoms with Crippen molar-refractivity contribution in [2.45, 2.75) is 32.2 Å². The Morgan fingerprint density at radius 2 is 2.00 bits per heavy atom. The van der Waals surface area contributed by atoms with Gasteiger partial charge in [-0.3, -0.25) is 4.79 Å². The van der Waals surface area contributed by atoms with Crippen LogP contribution in [0.4, 0.5) is 13.2 Å². The van der Waals surface area contributed by atoms with E-state index in [2.05, 4.69) is 25.2 Å². The van der Waals surface area contributed by atoms with Crippen molar-refractivity contribution in [1.29, 1.82) is 0 Å². The van der Waals surface area contributed by atoms with E-state index < -0.39 is 23.9 Å². The number of nitrogens with one attached hydrogen (secondary N) is 1. The van der Waals surface area contributed by atoms with Crippen LogP contribution in [0.5, 0.6) is 5.75 Å². The van der Waals surface area contributed by atoms with Crippen molar-refractivity contribution >= 4 is 17.2 Å². The van der Waals surface area contributed by atoms with Gasteiger partial charge in [-0.05, 0) is 39.1 Å². The number of rotatable bonds is 7. The van der Waals surface area contributed by atoms with Crippen molar-refractivity contribution in [3.63, 3.8) is 0 Å². The maximum absolute atomic E-state index is 13.1. The van der Waals surface area contributed by atoms with Crippen LogP contribution in [-0.2, 0) is 10.9 Å². The summed E-state index contributed by atoms with van der Waals surface area (Å²) < 4.78 is 50.0. The Labute approximate surface area is 210 Å². The minimum atomic E-state index is -4.63. The van der Waals surface area contributed by atoms with E-state index in [0.717, 1.165) is 40.9 Å². The molecule has 1 amide bonds. The number of hydrogen-bond donors (Lipinski definition) is 1. The van der Waals surface area contributed by atoms with Crippen LogP contribution < -0.4 is 10.1 Å². The highest BCUT2D eigenvalue weighted by molar-refractivity contribution is 7.14. The Balaban J connectivity index is 1.52. The normalized spacial score (nSPS) is 17.6. The average molecular weight is 522 g/mol. The van der Waals surface area contributed by atoms with E-state index in [4.69, 9.17) is 9.47 Å². The van der Waals surface area contributed by atoms with Gasteiger partial charge in [-0.1, -0.05) is 0 Å². The average Bonchev–Trinajstić information content (AvgIpc) is 3.28. The number of carbonyl (C=O) groups is 1. The lowest BCUT2D eigenvalue weighted by molar-refractivity contribution is -0.145. The van der Waals surface area contributed by atoms with Crippen LogP contribution in [0.1, 0.15) is 39.6 Å². The third-order valence-corrected chi connectivity index (χ3v) is 6.55. The Hall–Kier alpha value is -3.09. The van der Waals surface area contributed by atoms with Crippen molar-refractivity contribution in [2.24, 2.45) is 0 Å². The number of aromatic nitrogens is 3. The lowest BCUT2D eigenvalue weighted by atomic mass is 10.1. The largest absolute Gasteiger partial charge is 0.491 e. The number of morpholine rings is 1. The smallest absolute Gasteiger partial charge is 0.451 e. The zero-order valence-electron chi connectivity index (χ0n) is 20.0. The van der Waals surface area contributed by atoms with Crippen molar-refractivity contribution in [3.05, 3.63) is 58.6 Å². The summed E-state index contributed by atoms with van der Waals surface area (Å²) in [6.45, 7) is 6.15. The van der Waals surface area contributed by atoms with Gasteiger partial charge in [0.05, 0.1) is 12.6 Å². The predicted octanol–water partition coefficient (Wildman–Crippen LogP) is 4.13. The first kappa shape index (κ1) is 26.0. The third-order valence-electron chi connectivity index (χ3n) is 5.59. The standard InChI is InChI=1S/C24H26F3N5O3S/c1-14-9-28-22(36-14)17-6-16(7-19(8-17)35-13-20-12-32(3)4-5-34-20)21(33)31-15(2)18-10-29-23(30-11-18)24(25,26)27/h6-11,15,20H,4-5,12-13H2,1-3H3,(H,31,33). The maximum Gasteiger partial charge on any atom is 0.451 e. The highest BCUT2D eigenvalue weighted by Crippen LogP contribution is 2.30. The molecule has 2 unspecified atom stereocenters. The molecule has 36 heavy (non-hydrogen) atoms. The molecule has 12 heteroatoms. The Morgan fingerprint density at radius 3 is 2.64 bits per heavy atom. The van der Waals surface area contributed by atoms with Crippen molar-refractivity contribution < 1.29 is 27.4 Å². The third kappa shape index (κ3) is 6.56. The molecule has 3 aromatic rings. The van der Waals surface area contributed by atoms with E-state index >= 15 is 0 Å². The summed E-state index contributed by atoms with van der Waals surface area (Å²) in [7, 11) is 2.02. The molecule has 2 aromatic heterocycles. The zero-order valence-corrected chi connectivity index (χ0v) is 20.8. The summed E-state index contributed by atoms with van der Waals surface area (Å²) in [4.78, 5) is 27.4. The highest BCUT2D eigenvalue weighted by Gasteiger charge is 2.34. The van der Waals surface area contributed by atoms with E-state index in [9.17, 15) is 18.0 Å².